The van der Waals surface area contributed by atoms with Gasteiger partial charge in [0.1, 0.15) is 0 Å². The standard InChI is InChI=1S/C25H20N6O3/c32-25(24-22-14-20(31(33)34)10-11-23(22)28-29-24)26-15-19-4-1-2-5-21(19)18-8-6-17(7-9-18)16-30-13-3-12-27-30/h1-14H,15-16H2,(H,26,32)(H,28,29). The van der Waals surface area contributed by atoms with Crippen LogP contribution in [-0.2, 0) is 13.1 Å². The Morgan fingerprint density at radius 3 is 2.65 bits per heavy atom. The zero-order valence-corrected chi connectivity index (χ0v) is 18.0. The summed E-state index contributed by atoms with van der Waals surface area (Å²) >= 11 is 0. The molecule has 5 rings (SSSR count). The van der Waals surface area contributed by atoms with Crippen molar-refractivity contribution in [2.24, 2.45) is 0 Å². The van der Waals surface area contributed by atoms with Gasteiger partial charge in [0, 0.05) is 36.5 Å². The van der Waals surface area contributed by atoms with Gasteiger partial charge >= 0.3 is 0 Å². The number of nitro benzene ring substituents is 1. The molecular formula is C25H20N6O3. The number of non-ortho nitro benzene ring substituents is 1. The number of carbonyl (C=O) groups excluding carboxylic acids is 1. The zero-order chi connectivity index (χ0) is 23.5. The summed E-state index contributed by atoms with van der Waals surface area (Å²) < 4.78 is 1.87. The second-order valence-electron chi connectivity index (χ2n) is 7.80. The van der Waals surface area contributed by atoms with E-state index in [0.717, 1.165) is 22.3 Å². The van der Waals surface area contributed by atoms with E-state index in [9.17, 15) is 14.9 Å². The van der Waals surface area contributed by atoms with Crippen LogP contribution in [0.2, 0.25) is 0 Å². The Morgan fingerprint density at radius 1 is 1.06 bits per heavy atom. The number of hydrogen-bond donors (Lipinski definition) is 2. The summed E-state index contributed by atoms with van der Waals surface area (Å²) in [6, 6.07) is 22.3. The van der Waals surface area contributed by atoms with Crippen molar-refractivity contribution in [3.05, 3.63) is 112 Å². The van der Waals surface area contributed by atoms with Crippen molar-refractivity contribution in [1.82, 2.24) is 25.3 Å². The van der Waals surface area contributed by atoms with E-state index in [1.54, 1.807) is 12.3 Å². The van der Waals surface area contributed by atoms with Crippen molar-refractivity contribution < 1.29 is 9.72 Å². The quantitative estimate of drug-likeness (QED) is 0.282. The van der Waals surface area contributed by atoms with Crippen molar-refractivity contribution >= 4 is 22.5 Å². The fourth-order valence-electron chi connectivity index (χ4n) is 3.87. The molecule has 0 saturated carbocycles. The average molecular weight is 452 g/mol. The van der Waals surface area contributed by atoms with Crippen LogP contribution < -0.4 is 5.32 Å². The largest absolute Gasteiger partial charge is 0.347 e. The third kappa shape index (κ3) is 4.26. The third-order valence-corrected chi connectivity index (χ3v) is 5.60. The molecule has 0 saturated heterocycles. The van der Waals surface area contributed by atoms with E-state index in [4.69, 9.17) is 0 Å². The number of fused-ring (bicyclic) bond motifs is 1. The lowest BCUT2D eigenvalue weighted by atomic mass is 9.98. The first-order chi connectivity index (χ1) is 16.6. The van der Waals surface area contributed by atoms with Gasteiger partial charge in [-0.2, -0.15) is 10.2 Å². The number of rotatable bonds is 7. The second-order valence-corrected chi connectivity index (χ2v) is 7.80. The van der Waals surface area contributed by atoms with Crippen molar-refractivity contribution in [3.8, 4) is 11.1 Å². The molecule has 0 aliphatic rings. The zero-order valence-electron chi connectivity index (χ0n) is 18.0. The van der Waals surface area contributed by atoms with E-state index < -0.39 is 10.8 Å². The molecule has 0 aliphatic carbocycles. The van der Waals surface area contributed by atoms with E-state index in [0.29, 0.717) is 17.4 Å². The predicted molar refractivity (Wildman–Crippen MR) is 127 cm³/mol. The Bertz CT molecular complexity index is 1470. The minimum absolute atomic E-state index is 0.0932. The molecule has 1 amide bonds. The molecule has 0 atom stereocenters. The van der Waals surface area contributed by atoms with E-state index in [1.807, 2.05) is 41.2 Å². The lowest BCUT2D eigenvalue weighted by Gasteiger charge is -2.11. The molecule has 168 valence electrons. The Kier molecular flexibility index (Phi) is 5.57. The van der Waals surface area contributed by atoms with Gasteiger partial charge in [-0.15, -0.1) is 0 Å². The number of amides is 1. The summed E-state index contributed by atoms with van der Waals surface area (Å²) in [6.07, 6.45) is 3.68. The second kappa shape index (κ2) is 8.99. The highest BCUT2D eigenvalue weighted by atomic mass is 16.6. The molecule has 0 spiro atoms. The van der Waals surface area contributed by atoms with Gasteiger partial charge < -0.3 is 5.32 Å². The number of hydrogen-bond acceptors (Lipinski definition) is 5. The number of aromatic amines is 1. The number of aromatic nitrogens is 4. The van der Waals surface area contributed by atoms with Crippen LogP contribution in [0.15, 0.2) is 85.2 Å². The minimum Gasteiger partial charge on any atom is -0.347 e. The summed E-state index contributed by atoms with van der Waals surface area (Å²) in [5.74, 6) is -0.406. The van der Waals surface area contributed by atoms with Crippen LogP contribution in [0.1, 0.15) is 21.6 Å². The first kappa shape index (κ1) is 21.1. The van der Waals surface area contributed by atoms with Crippen molar-refractivity contribution in [1.29, 1.82) is 0 Å². The molecule has 5 aromatic rings. The molecule has 0 fully saturated rings. The Hall–Kier alpha value is -4.79. The lowest BCUT2D eigenvalue weighted by Crippen LogP contribution is -2.23. The molecule has 34 heavy (non-hydrogen) atoms. The molecule has 2 N–H and O–H groups in total. The molecular weight excluding hydrogens is 432 g/mol. The van der Waals surface area contributed by atoms with Gasteiger partial charge in [-0.25, -0.2) is 0 Å². The molecule has 0 radical (unpaired) electrons. The van der Waals surface area contributed by atoms with Crippen LogP contribution in [-0.4, -0.2) is 30.8 Å². The highest BCUT2D eigenvalue weighted by molar-refractivity contribution is 6.05. The minimum atomic E-state index is -0.495. The van der Waals surface area contributed by atoms with E-state index in [-0.39, 0.29) is 17.9 Å². The molecule has 3 aromatic carbocycles. The Morgan fingerprint density at radius 2 is 1.88 bits per heavy atom. The predicted octanol–water partition coefficient (Wildman–Crippen LogP) is 4.31. The molecule has 9 nitrogen and oxygen atoms in total. The topological polar surface area (TPSA) is 119 Å². The highest BCUT2D eigenvalue weighted by Crippen LogP contribution is 2.25. The smallest absolute Gasteiger partial charge is 0.272 e. The highest BCUT2D eigenvalue weighted by Gasteiger charge is 2.17. The number of benzene rings is 3. The van der Waals surface area contributed by atoms with Crippen LogP contribution in [0.4, 0.5) is 5.69 Å². The number of nitrogens with zero attached hydrogens (tertiary/aromatic N) is 4. The number of H-pyrrole nitrogens is 1. The van der Waals surface area contributed by atoms with Crippen LogP contribution in [0.5, 0.6) is 0 Å². The molecule has 2 heterocycles. The van der Waals surface area contributed by atoms with E-state index >= 15 is 0 Å². The van der Waals surface area contributed by atoms with Gasteiger partial charge in [0.25, 0.3) is 11.6 Å². The Balaban J connectivity index is 1.33. The fourth-order valence-corrected chi connectivity index (χ4v) is 3.87. The molecule has 2 aromatic heterocycles. The van der Waals surface area contributed by atoms with Crippen LogP contribution >= 0.6 is 0 Å². The van der Waals surface area contributed by atoms with Gasteiger partial charge in [-0.05, 0) is 34.4 Å². The number of nitrogens with one attached hydrogen (secondary N) is 2. The van der Waals surface area contributed by atoms with Gasteiger partial charge in [0.05, 0.1) is 17.0 Å². The van der Waals surface area contributed by atoms with Gasteiger partial charge in [0.2, 0.25) is 0 Å². The maximum absolute atomic E-state index is 12.8. The van der Waals surface area contributed by atoms with Gasteiger partial charge in [-0.3, -0.25) is 24.7 Å². The summed E-state index contributed by atoms with van der Waals surface area (Å²) in [5.41, 5.74) is 4.72. The summed E-state index contributed by atoms with van der Waals surface area (Å²) in [5, 5.41) is 25.5. The molecule has 9 heteroatoms. The average Bonchev–Trinajstić information content (AvgIpc) is 3.53. The van der Waals surface area contributed by atoms with Gasteiger partial charge in [-0.1, -0.05) is 48.5 Å². The first-order valence-electron chi connectivity index (χ1n) is 10.6. The van der Waals surface area contributed by atoms with Crippen LogP contribution in [0.25, 0.3) is 22.0 Å². The van der Waals surface area contributed by atoms with Gasteiger partial charge in [0.15, 0.2) is 5.69 Å². The van der Waals surface area contributed by atoms with Crippen molar-refractivity contribution in [2.45, 2.75) is 13.1 Å². The third-order valence-electron chi connectivity index (χ3n) is 5.60. The normalized spacial score (nSPS) is 10.9. The molecule has 0 bridgehead atoms. The number of nitro groups is 1. The summed E-state index contributed by atoms with van der Waals surface area (Å²) in [6.45, 7) is 0.980. The summed E-state index contributed by atoms with van der Waals surface area (Å²) in [7, 11) is 0. The fraction of sp³-hybridized carbons (Fsp3) is 0.0800. The van der Waals surface area contributed by atoms with Crippen molar-refractivity contribution in [2.75, 3.05) is 0 Å². The van der Waals surface area contributed by atoms with E-state index in [2.05, 4.69) is 44.9 Å². The first-order valence-corrected chi connectivity index (χ1v) is 10.6. The van der Waals surface area contributed by atoms with Crippen LogP contribution in [0, 0.1) is 10.1 Å². The monoisotopic (exact) mass is 452 g/mol. The molecule has 0 aliphatic heterocycles. The van der Waals surface area contributed by atoms with Crippen LogP contribution in [0.3, 0.4) is 0 Å². The maximum Gasteiger partial charge on any atom is 0.272 e. The number of carbonyl (C=O) groups is 1. The summed E-state index contributed by atoms with van der Waals surface area (Å²) in [4.78, 5) is 23.5. The van der Waals surface area contributed by atoms with Crippen molar-refractivity contribution in [3.63, 3.8) is 0 Å². The maximum atomic E-state index is 12.8. The van der Waals surface area contributed by atoms with E-state index in [1.165, 1.54) is 12.1 Å². The Labute approximate surface area is 194 Å². The lowest BCUT2D eigenvalue weighted by molar-refractivity contribution is -0.384. The SMILES string of the molecule is O=C(NCc1ccccc1-c1ccc(Cn2cccn2)cc1)c1n[nH]c2ccc([N+](=O)[O-])cc12. The molecule has 0 unspecified atom stereocenters.